The summed E-state index contributed by atoms with van der Waals surface area (Å²) in [6.45, 7) is 3.74. The van der Waals surface area contributed by atoms with Crippen LogP contribution in [0.5, 0.6) is 0 Å². The summed E-state index contributed by atoms with van der Waals surface area (Å²) in [5.74, 6) is 1.28. The van der Waals surface area contributed by atoms with Crippen molar-refractivity contribution in [2.45, 2.75) is 19.8 Å². The molecule has 138 valence electrons. The summed E-state index contributed by atoms with van der Waals surface area (Å²) in [5.41, 5.74) is 1.77. The zero-order valence-corrected chi connectivity index (χ0v) is 15.3. The van der Waals surface area contributed by atoms with Crippen molar-refractivity contribution in [2.24, 2.45) is 5.92 Å². The van der Waals surface area contributed by atoms with Gasteiger partial charge in [-0.05, 0) is 44.0 Å². The lowest BCUT2D eigenvalue weighted by Crippen LogP contribution is -2.40. The molecule has 6 nitrogen and oxygen atoms in total. The minimum Gasteiger partial charge on any atom is -0.466 e. The minimum absolute atomic E-state index is 0.116. The first-order valence-electron chi connectivity index (χ1n) is 9.35. The van der Waals surface area contributed by atoms with Crippen molar-refractivity contribution in [3.63, 3.8) is 0 Å². The van der Waals surface area contributed by atoms with E-state index in [0.29, 0.717) is 19.0 Å². The van der Waals surface area contributed by atoms with Gasteiger partial charge in [-0.2, -0.15) is 0 Å². The first-order chi connectivity index (χ1) is 13.3. The van der Waals surface area contributed by atoms with Gasteiger partial charge in [0.05, 0.1) is 18.0 Å². The fourth-order valence-electron chi connectivity index (χ4n) is 3.55. The van der Waals surface area contributed by atoms with Gasteiger partial charge in [-0.1, -0.05) is 12.1 Å². The molecule has 0 spiro atoms. The molecule has 1 saturated heterocycles. The number of carbonyl (C=O) groups is 1. The Morgan fingerprint density at radius 3 is 2.93 bits per heavy atom. The number of esters is 1. The summed E-state index contributed by atoms with van der Waals surface area (Å²) in [6.07, 6.45) is 5.30. The maximum Gasteiger partial charge on any atom is 0.310 e. The van der Waals surface area contributed by atoms with Crippen LogP contribution in [0.1, 0.15) is 19.8 Å². The summed E-state index contributed by atoms with van der Waals surface area (Å²) >= 11 is 0. The molecule has 1 atom stereocenters. The molecule has 2 aromatic heterocycles. The number of rotatable bonds is 4. The van der Waals surface area contributed by atoms with E-state index in [2.05, 4.69) is 9.88 Å². The van der Waals surface area contributed by atoms with Gasteiger partial charge in [-0.3, -0.25) is 9.78 Å². The van der Waals surface area contributed by atoms with Crippen molar-refractivity contribution in [1.82, 2.24) is 15.0 Å². The van der Waals surface area contributed by atoms with Crippen LogP contribution < -0.4 is 4.90 Å². The molecule has 6 heteroatoms. The van der Waals surface area contributed by atoms with Gasteiger partial charge in [0, 0.05) is 36.4 Å². The van der Waals surface area contributed by atoms with Crippen LogP contribution in [0, 0.1) is 5.92 Å². The van der Waals surface area contributed by atoms with E-state index in [1.165, 1.54) is 0 Å². The molecule has 0 bridgehead atoms. The van der Waals surface area contributed by atoms with Crippen molar-refractivity contribution in [2.75, 3.05) is 24.6 Å². The highest BCUT2D eigenvalue weighted by molar-refractivity contribution is 5.91. The second-order valence-corrected chi connectivity index (χ2v) is 6.67. The fourth-order valence-corrected chi connectivity index (χ4v) is 3.55. The Bertz CT molecular complexity index is 945. The Balaban J connectivity index is 1.75. The number of anilines is 1. The molecule has 0 unspecified atom stereocenters. The molecule has 1 aliphatic heterocycles. The van der Waals surface area contributed by atoms with Gasteiger partial charge in [0.2, 0.25) is 0 Å². The van der Waals surface area contributed by atoms with Crippen LogP contribution in [0.25, 0.3) is 22.3 Å². The van der Waals surface area contributed by atoms with E-state index < -0.39 is 0 Å². The van der Waals surface area contributed by atoms with Gasteiger partial charge in [0.15, 0.2) is 5.82 Å². The van der Waals surface area contributed by atoms with E-state index in [1.54, 1.807) is 12.4 Å². The Hall–Kier alpha value is -3.02. The van der Waals surface area contributed by atoms with E-state index in [4.69, 9.17) is 14.7 Å². The lowest BCUT2D eigenvalue weighted by Gasteiger charge is -2.33. The number of piperidine rings is 1. The molecule has 0 radical (unpaired) electrons. The van der Waals surface area contributed by atoms with Crippen LogP contribution in [0.4, 0.5) is 5.82 Å². The second-order valence-electron chi connectivity index (χ2n) is 6.67. The maximum absolute atomic E-state index is 12.2. The first-order valence-corrected chi connectivity index (χ1v) is 9.35. The Kier molecular flexibility index (Phi) is 4.96. The van der Waals surface area contributed by atoms with E-state index in [9.17, 15) is 4.79 Å². The highest BCUT2D eigenvalue weighted by Gasteiger charge is 2.28. The Labute approximate surface area is 158 Å². The Morgan fingerprint density at radius 1 is 1.22 bits per heavy atom. The van der Waals surface area contributed by atoms with Crippen LogP contribution in [-0.2, 0) is 9.53 Å². The van der Waals surface area contributed by atoms with Gasteiger partial charge in [-0.25, -0.2) is 9.97 Å². The number of ether oxygens (including phenoxy) is 1. The van der Waals surface area contributed by atoms with Crippen LogP contribution >= 0.6 is 0 Å². The maximum atomic E-state index is 12.2. The molecule has 0 amide bonds. The Morgan fingerprint density at radius 2 is 2.11 bits per heavy atom. The monoisotopic (exact) mass is 362 g/mol. The van der Waals surface area contributed by atoms with Crippen molar-refractivity contribution in [3.8, 4) is 11.4 Å². The molecule has 1 aromatic carbocycles. The average molecular weight is 362 g/mol. The van der Waals surface area contributed by atoms with Crippen molar-refractivity contribution in [3.05, 3.63) is 48.8 Å². The smallest absolute Gasteiger partial charge is 0.310 e. The van der Waals surface area contributed by atoms with Crippen LogP contribution in [0.3, 0.4) is 0 Å². The predicted octanol–water partition coefficient (Wildman–Crippen LogP) is 3.47. The zero-order chi connectivity index (χ0) is 18.6. The summed E-state index contributed by atoms with van der Waals surface area (Å²) in [6, 6.07) is 11.8. The number of hydrogen-bond donors (Lipinski definition) is 0. The van der Waals surface area contributed by atoms with Gasteiger partial charge in [-0.15, -0.1) is 0 Å². The molecule has 3 aromatic rings. The van der Waals surface area contributed by atoms with Crippen LogP contribution in [0.2, 0.25) is 0 Å². The van der Waals surface area contributed by atoms with Gasteiger partial charge >= 0.3 is 5.97 Å². The number of pyridine rings is 1. The predicted molar refractivity (Wildman–Crippen MR) is 104 cm³/mol. The molecule has 0 N–H and O–H groups in total. The standard InChI is InChI=1S/C21H22N4O2/c1-2-27-21(26)16-8-6-12-25(14-16)20-17-9-3-4-10-18(17)23-19(24-20)15-7-5-11-22-13-15/h3-5,7,9-11,13,16H,2,6,8,12,14H2,1H3/t16-/m0/s1. The molecule has 0 aliphatic carbocycles. The number of para-hydroxylation sites is 1. The number of benzene rings is 1. The molecule has 1 aliphatic rings. The number of fused-ring (bicyclic) bond motifs is 1. The molecular weight excluding hydrogens is 340 g/mol. The summed E-state index contributed by atoms with van der Waals surface area (Å²) in [5, 5.41) is 0.995. The fraction of sp³-hybridized carbons (Fsp3) is 0.333. The van der Waals surface area contributed by atoms with Crippen LogP contribution in [-0.4, -0.2) is 40.6 Å². The number of hydrogen-bond acceptors (Lipinski definition) is 6. The third kappa shape index (κ3) is 3.60. The molecule has 3 heterocycles. The van der Waals surface area contributed by atoms with E-state index in [-0.39, 0.29) is 11.9 Å². The highest BCUT2D eigenvalue weighted by atomic mass is 16.5. The second kappa shape index (κ2) is 7.70. The quantitative estimate of drug-likeness (QED) is 0.662. The summed E-state index contributed by atoms with van der Waals surface area (Å²) in [4.78, 5) is 28.2. The van der Waals surface area contributed by atoms with E-state index in [1.807, 2.05) is 43.3 Å². The lowest BCUT2D eigenvalue weighted by atomic mass is 9.98. The molecule has 1 fully saturated rings. The third-order valence-electron chi connectivity index (χ3n) is 4.84. The molecule has 27 heavy (non-hydrogen) atoms. The van der Waals surface area contributed by atoms with Crippen molar-refractivity contribution >= 4 is 22.7 Å². The molecule has 0 saturated carbocycles. The van der Waals surface area contributed by atoms with Gasteiger partial charge in [0.1, 0.15) is 5.82 Å². The topological polar surface area (TPSA) is 68.2 Å². The van der Waals surface area contributed by atoms with Gasteiger partial charge in [0.25, 0.3) is 0 Å². The highest BCUT2D eigenvalue weighted by Crippen LogP contribution is 2.30. The minimum atomic E-state index is -0.118. The van der Waals surface area contributed by atoms with Crippen molar-refractivity contribution < 1.29 is 9.53 Å². The number of nitrogens with zero attached hydrogens (tertiary/aromatic N) is 4. The number of aromatic nitrogens is 3. The molecule has 4 rings (SSSR count). The third-order valence-corrected chi connectivity index (χ3v) is 4.84. The average Bonchev–Trinajstić information content (AvgIpc) is 2.74. The number of carbonyl (C=O) groups excluding carboxylic acids is 1. The summed E-state index contributed by atoms with van der Waals surface area (Å²) in [7, 11) is 0. The van der Waals surface area contributed by atoms with Crippen LogP contribution in [0.15, 0.2) is 48.8 Å². The van der Waals surface area contributed by atoms with E-state index in [0.717, 1.165) is 41.7 Å². The molecular formula is C21H22N4O2. The van der Waals surface area contributed by atoms with E-state index >= 15 is 0 Å². The largest absolute Gasteiger partial charge is 0.466 e. The lowest BCUT2D eigenvalue weighted by molar-refractivity contribution is -0.148. The SMILES string of the molecule is CCOC(=O)[C@H]1CCCN(c2nc(-c3cccnc3)nc3ccccc23)C1. The van der Waals surface area contributed by atoms with Gasteiger partial charge < -0.3 is 9.64 Å². The first kappa shape index (κ1) is 17.4. The zero-order valence-electron chi connectivity index (χ0n) is 15.3. The van der Waals surface area contributed by atoms with Crippen molar-refractivity contribution in [1.29, 1.82) is 0 Å². The normalized spacial score (nSPS) is 17.1. The summed E-state index contributed by atoms with van der Waals surface area (Å²) < 4.78 is 5.24.